The molecule has 0 unspecified atom stereocenters. The lowest BCUT2D eigenvalue weighted by atomic mass is 10.1. The lowest BCUT2D eigenvalue weighted by molar-refractivity contribution is 0.102. The molecule has 0 N–H and O–H groups in total. The highest BCUT2D eigenvalue weighted by Crippen LogP contribution is 2.27. The van der Waals surface area contributed by atoms with Crippen LogP contribution in [-0.4, -0.2) is 17.6 Å². The number of carbonyl (C=O) groups excluding carboxylic acids is 1. The van der Waals surface area contributed by atoms with Crippen LogP contribution in [0.15, 0.2) is 57.9 Å². The summed E-state index contributed by atoms with van der Waals surface area (Å²) in [7, 11) is 0. The third-order valence-electron chi connectivity index (χ3n) is 2.72. The molecule has 110 valence electrons. The van der Waals surface area contributed by atoms with E-state index < -0.39 is 0 Å². The Bertz CT molecular complexity index is 626. The highest BCUT2D eigenvalue weighted by Gasteiger charge is 2.09. The van der Waals surface area contributed by atoms with Crippen LogP contribution in [-0.2, 0) is 0 Å². The van der Waals surface area contributed by atoms with Gasteiger partial charge in [0.2, 0.25) is 0 Å². The van der Waals surface area contributed by atoms with Gasteiger partial charge < -0.3 is 4.74 Å². The number of hydrogen-bond donors (Lipinski definition) is 0. The monoisotopic (exact) mass is 364 g/mol. The summed E-state index contributed by atoms with van der Waals surface area (Å²) in [6.07, 6.45) is 0.102. The number of halogens is 1. The van der Waals surface area contributed by atoms with Crippen molar-refractivity contribution < 1.29 is 9.53 Å². The maximum absolute atomic E-state index is 12.3. The van der Waals surface area contributed by atoms with Gasteiger partial charge in [-0.3, -0.25) is 4.79 Å². The molecule has 0 spiro atoms. The zero-order valence-electron chi connectivity index (χ0n) is 12.0. The molecule has 0 saturated carbocycles. The van der Waals surface area contributed by atoms with E-state index in [1.807, 2.05) is 62.4 Å². The molecule has 0 heterocycles. The quantitative estimate of drug-likeness (QED) is 0.519. The van der Waals surface area contributed by atoms with Gasteiger partial charge >= 0.3 is 0 Å². The molecule has 4 heteroatoms. The second kappa shape index (κ2) is 7.66. The molecule has 0 saturated heterocycles. The van der Waals surface area contributed by atoms with Gasteiger partial charge in [0.05, 0.1) is 11.9 Å². The Morgan fingerprint density at radius 2 is 1.95 bits per heavy atom. The Hall–Kier alpha value is -1.26. The number of benzene rings is 2. The average molecular weight is 365 g/mol. The largest absolute Gasteiger partial charge is 0.491 e. The van der Waals surface area contributed by atoms with Gasteiger partial charge in [0.1, 0.15) is 5.75 Å². The number of hydrogen-bond acceptors (Lipinski definition) is 3. The first-order valence-electron chi connectivity index (χ1n) is 6.73. The molecule has 0 radical (unpaired) electrons. The van der Waals surface area contributed by atoms with Crippen LogP contribution in [0.1, 0.15) is 24.2 Å². The summed E-state index contributed by atoms with van der Waals surface area (Å²) < 4.78 is 6.63. The normalized spacial score (nSPS) is 10.7. The summed E-state index contributed by atoms with van der Waals surface area (Å²) in [5.41, 5.74) is 0.688. The van der Waals surface area contributed by atoms with Crippen LogP contribution in [0.2, 0.25) is 0 Å². The minimum atomic E-state index is 0.102. The van der Waals surface area contributed by atoms with E-state index in [-0.39, 0.29) is 11.9 Å². The predicted molar refractivity (Wildman–Crippen MR) is 91.4 cm³/mol. The highest BCUT2D eigenvalue weighted by molar-refractivity contribution is 9.10. The topological polar surface area (TPSA) is 26.3 Å². The summed E-state index contributed by atoms with van der Waals surface area (Å²) in [5.74, 6) is 1.25. The van der Waals surface area contributed by atoms with Crippen molar-refractivity contribution in [1.29, 1.82) is 0 Å². The summed E-state index contributed by atoms with van der Waals surface area (Å²) in [5, 5.41) is 0. The van der Waals surface area contributed by atoms with Gasteiger partial charge in [-0.1, -0.05) is 24.3 Å². The van der Waals surface area contributed by atoms with E-state index in [0.29, 0.717) is 11.3 Å². The zero-order valence-corrected chi connectivity index (χ0v) is 14.4. The number of Topliss-reactive ketones (excluding diaryl/α,β-unsaturated/α-hetero) is 1. The number of ketones is 1. The summed E-state index contributed by atoms with van der Waals surface area (Å²) >= 11 is 5.02. The van der Waals surface area contributed by atoms with Crippen molar-refractivity contribution >= 4 is 33.5 Å². The third kappa shape index (κ3) is 4.90. The van der Waals surface area contributed by atoms with Crippen molar-refractivity contribution in [1.82, 2.24) is 0 Å². The van der Waals surface area contributed by atoms with E-state index in [1.165, 1.54) is 11.8 Å². The standard InChI is InChI=1S/C17H17BrO2S/c1-12(2)20-14-7-5-6-13(10-14)16(19)11-21-17-9-4-3-8-15(17)18/h3-10,12H,11H2,1-2H3. The SMILES string of the molecule is CC(C)Oc1cccc(C(=O)CSc2ccccc2Br)c1. The fourth-order valence-corrected chi connectivity index (χ4v) is 3.27. The molecule has 2 aromatic rings. The summed E-state index contributed by atoms with van der Waals surface area (Å²) in [6.45, 7) is 3.94. The number of ether oxygens (including phenoxy) is 1. The Labute approximate surface area is 138 Å². The molecule has 21 heavy (non-hydrogen) atoms. The van der Waals surface area contributed by atoms with Gasteiger partial charge in [-0.15, -0.1) is 11.8 Å². The van der Waals surface area contributed by atoms with E-state index in [0.717, 1.165) is 15.1 Å². The average Bonchev–Trinajstić information content (AvgIpc) is 2.45. The van der Waals surface area contributed by atoms with Crippen LogP contribution in [0.3, 0.4) is 0 Å². The van der Waals surface area contributed by atoms with Crippen LogP contribution >= 0.6 is 27.7 Å². The van der Waals surface area contributed by atoms with Gasteiger partial charge in [-0.05, 0) is 54.0 Å². The van der Waals surface area contributed by atoms with Gasteiger partial charge in [-0.25, -0.2) is 0 Å². The first-order chi connectivity index (χ1) is 10.1. The van der Waals surface area contributed by atoms with Crippen molar-refractivity contribution in [3.05, 3.63) is 58.6 Å². The molecule has 0 amide bonds. The second-order valence-corrected chi connectivity index (χ2v) is 6.71. The Kier molecular flexibility index (Phi) is 5.88. The first kappa shape index (κ1) is 16.1. The minimum Gasteiger partial charge on any atom is -0.491 e. The van der Waals surface area contributed by atoms with Gasteiger partial charge in [0, 0.05) is 14.9 Å². The van der Waals surface area contributed by atoms with Crippen LogP contribution in [0.4, 0.5) is 0 Å². The van der Waals surface area contributed by atoms with Crippen LogP contribution in [0.25, 0.3) is 0 Å². The molecule has 2 nitrogen and oxygen atoms in total. The van der Waals surface area contributed by atoms with Crippen molar-refractivity contribution in [2.24, 2.45) is 0 Å². The van der Waals surface area contributed by atoms with Gasteiger partial charge in [0.15, 0.2) is 5.78 Å². The zero-order chi connectivity index (χ0) is 15.2. The van der Waals surface area contributed by atoms with Gasteiger partial charge in [-0.2, -0.15) is 0 Å². The Morgan fingerprint density at radius 1 is 1.19 bits per heavy atom. The molecule has 0 aliphatic heterocycles. The maximum atomic E-state index is 12.3. The lowest BCUT2D eigenvalue weighted by Gasteiger charge is -2.10. The minimum absolute atomic E-state index is 0.102. The first-order valence-corrected chi connectivity index (χ1v) is 8.51. The number of thioether (sulfide) groups is 1. The van der Waals surface area contributed by atoms with E-state index in [1.54, 1.807) is 0 Å². The fourth-order valence-electron chi connectivity index (χ4n) is 1.80. The molecule has 0 atom stereocenters. The molecule has 0 aliphatic rings. The molecule has 0 aliphatic carbocycles. The van der Waals surface area contributed by atoms with Crippen LogP contribution in [0, 0.1) is 0 Å². The Morgan fingerprint density at radius 3 is 2.67 bits per heavy atom. The molecule has 2 rings (SSSR count). The van der Waals surface area contributed by atoms with E-state index in [4.69, 9.17) is 4.74 Å². The predicted octanol–water partition coefficient (Wildman–Crippen LogP) is 5.21. The number of rotatable bonds is 6. The summed E-state index contributed by atoms with van der Waals surface area (Å²) in [6, 6.07) is 15.3. The maximum Gasteiger partial charge on any atom is 0.173 e. The molecule has 0 fully saturated rings. The van der Waals surface area contributed by atoms with E-state index in [2.05, 4.69) is 15.9 Å². The van der Waals surface area contributed by atoms with Gasteiger partial charge in [0.25, 0.3) is 0 Å². The van der Waals surface area contributed by atoms with E-state index in [9.17, 15) is 4.79 Å². The Balaban J connectivity index is 2.02. The van der Waals surface area contributed by atoms with Crippen molar-refractivity contribution in [3.63, 3.8) is 0 Å². The third-order valence-corrected chi connectivity index (χ3v) is 4.75. The van der Waals surface area contributed by atoms with Crippen molar-refractivity contribution in [2.45, 2.75) is 24.8 Å². The smallest absolute Gasteiger partial charge is 0.173 e. The molecule has 2 aromatic carbocycles. The lowest BCUT2D eigenvalue weighted by Crippen LogP contribution is -2.07. The van der Waals surface area contributed by atoms with E-state index >= 15 is 0 Å². The highest BCUT2D eigenvalue weighted by atomic mass is 79.9. The second-order valence-electron chi connectivity index (χ2n) is 4.84. The number of carbonyl (C=O) groups is 1. The van der Waals surface area contributed by atoms with Crippen LogP contribution < -0.4 is 4.74 Å². The summed E-state index contributed by atoms with van der Waals surface area (Å²) in [4.78, 5) is 13.3. The molecule has 0 aromatic heterocycles. The van der Waals surface area contributed by atoms with Crippen molar-refractivity contribution in [2.75, 3.05) is 5.75 Å². The molecular weight excluding hydrogens is 348 g/mol. The molecular formula is C17H17BrO2S. The van der Waals surface area contributed by atoms with Crippen LogP contribution in [0.5, 0.6) is 5.75 Å². The molecule has 0 bridgehead atoms. The van der Waals surface area contributed by atoms with Crippen molar-refractivity contribution in [3.8, 4) is 5.75 Å². The fraction of sp³-hybridized carbons (Fsp3) is 0.235.